The van der Waals surface area contributed by atoms with E-state index in [1.165, 1.54) is 313 Å². The highest BCUT2D eigenvalue weighted by Gasteiger charge is 2.22. The molecule has 1 aromatic carbocycles. The zero-order valence-corrected chi connectivity index (χ0v) is 46.0. The van der Waals surface area contributed by atoms with Crippen molar-refractivity contribution in [2.24, 2.45) is 0 Å². The van der Waals surface area contributed by atoms with Crippen LogP contribution >= 0.6 is 0 Å². The molecule has 0 aliphatic heterocycles. The van der Waals surface area contributed by atoms with Gasteiger partial charge >= 0.3 is 0 Å². The number of nitrogens with one attached hydrogen (secondary N) is 1. The van der Waals surface area contributed by atoms with Crippen LogP contribution in [0.2, 0.25) is 0 Å². The largest absolute Gasteiger partial charge is 0.356 e. The Morgan fingerprint density at radius 3 is 0.955 bits per heavy atom. The van der Waals surface area contributed by atoms with Gasteiger partial charge in [0.15, 0.2) is 0 Å². The summed E-state index contributed by atoms with van der Waals surface area (Å²) in [6.45, 7) is 10.3. The van der Waals surface area contributed by atoms with Gasteiger partial charge in [-0.1, -0.05) is 347 Å². The first-order chi connectivity index (χ1) is 32.5. The molecule has 66 heavy (non-hydrogen) atoms. The average molecular weight is 921 g/mol. The quantitative estimate of drug-likeness (QED) is 0.0648. The molecule has 2 nitrogen and oxygen atoms in total. The maximum Gasteiger partial charge on any atom is 0.219 e. The molecule has 0 aliphatic carbocycles. The second-order valence-electron chi connectivity index (χ2n) is 22.4. The summed E-state index contributed by atoms with van der Waals surface area (Å²) in [6.07, 6.45) is 71.1. The molecule has 0 spiro atoms. The summed E-state index contributed by atoms with van der Waals surface area (Å²) in [5, 5.41) is 3.22. The monoisotopic (exact) mass is 920 g/mol. The number of rotatable bonds is 54. The van der Waals surface area contributed by atoms with Crippen molar-refractivity contribution in [3.8, 4) is 0 Å². The second-order valence-corrected chi connectivity index (χ2v) is 22.4. The molecule has 1 N–H and O–H groups in total. The van der Waals surface area contributed by atoms with Gasteiger partial charge in [-0.2, -0.15) is 0 Å². The smallest absolute Gasteiger partial charge is 0.219 e. The van der Waals surface area contributed by atoms with Crippen LogP contribution in [0.5, 0.6) is 0 Å². The van der Waals surface area contributed by atoms with Crippen molar-refractivity contribution in [2.75, 3.05) is 6.54 Å². The van der Waals surface area contributed by atoms with Gasteiger partial charge in [-0.25, -0.2) is 0 Å². The van der Waals surface area contributed by atoms with E-state index in [9.17, 15) is 4.79 Å². The Balaban J connectivity index is 1.88. The fraction of sp³-hybridized carbons (Fsp3) is 0.891. The lowest BCUT2D eigenvalue weighted by atomic mass is 9.77. The van der Waals surface area contributed by atoms with Crippen LogP contribution in [-0.2, 0) is 16.6 Å². The number of hydrogen-bond acceptors (Lipinski definition) is 1. The van der Waals surface area contributed by atoms with Crippen LogP contribution in [0.1, 0.15) is 360 Å². The first-order valence-corrected chi connectivity index (χ1v) is 30.9. The molecule has 0 atom stereocenters. The number of benzene rings is 1. The number of carbonyl (C=O) groups is 1. The van der Waals surface area contributed by atoms with Crippen molar-refractivity contribution in [1.82, 2.24) is 5.32 Å². The number of aryl methyl sites for hydroxylation is 1. The molecule has 0 saturated heterocycles. The number of hydrogen-bond donors (Lipinski definition) is 1. The topological polar surface area (TPSA) is 29.1 Å². The minimum Gasteiger partial charge on any atom is -0.356 e. The van der Waals surface area contributed by atoms with Crippen molar-refractivity contribution in [3.05, 3.63) is 35.4 Å². The lowest BCUT2D eigenvalue weighted by molar-refractivity contribution is -0.121. The number of unbranched alkanes of at least 4 members (excludes halogenated alkanes) is 45. The predicted octanol–water partition coefficient (Wildman–Crippen LogP) is 22.2. The first-order valence-electron chi connectivity index (χ1n) is 30.9. The Labute approximate surface area is 416 Å². The van der Waals surface area contributed by atoms with Crippen LogP contribution in [0.3, 0.4) is 0 Å². The van der Waals surface area contributed by atoms with E-state index in [1.54, 1.807) is 0 Å². The Morgan fingerprint density at radius 2 is 0.636 bits per heavy atom. The molecule has 0 aromatic heterocycles. The van der Waals surface area contributed by atoms with Crippen LogP contribution in [0.25, 0.3) is 0 Å². The molecule has 0 unspecified atom stereocenters. The van der Waals surface area contributed by atoms with Crippen LogP contribution in [0.4, 0.5) is 0 Å². The third-order valence-corrected chi connectivity index (χ3v) is 15.4. The summed E-state index contributed by atoms with van der Waals surface area (Å²) in [4.78, 5) is 12.5. The standard InChI is InChI=1S/C64H121NO/c1-5-7-9-11-13-15-17-19-21-22-23-24-25-26-27-28-29-30-31-32-33-34-35-36-37-39-41-43-45-47-49-53-59-64(3,4)62-57-52-51-55-61(62)56-54-60-65-63(66)58-50-48-46-44-42-40-38-20-18-16-14-12-10-8-6-2/h51-52,55,57H,5-50,53-54,56,58-60H2,1-4H3,(H,65,66). The Kier molecular flexibility index (Phi) is 47.6. The number of carbonyl (C=O) groups excluding carboxylic acids is 1. The van der Waals surface area contributed by atoms with E-state index in [1.807, 2.05) is 0 Å². The van der Waals surface area contributed by atoms with Gasteiger partial charge in [-0.15, -0.1) is 0 Å². The highest BCUT2D eigenvalue weighted by Crippen LogP contribution is 2.33. The minimum atomic E-state index is 0.207. The Hall–Kier alpha value is -1.31. The summed E-state index contributed by atoms with van der Waals surface area (Å²) < 4.78 is 0. The molecular formula is C64H121NO. The van der Waals surface area contributed by atoms with E-state index < -0.39 is 0 Å². The van der Waals surface area contributed by atoms with E-state index in [2.05, 4.69) is 57.3 Å². The molecule has 0 radical (unpaired) electrons. The predicted molar refractivity (Wildman–Crippen MR) is 298 cm³/mol. The van der Waals surface area contributed by atoms with Crippen LogP contribution in [-0.4, -0.2) is 12.5 Å². The molecule has 0 saturated carbocycles. The van der Waals surface area contributed by atoms with Crippen molar-refractivity contribution in [2.45, 2.75) is 361 Å². The molecule has 2 heteroatoms. The van der Waals surface area contributed by atoms with Crippen molar-refractivity contribution < 1.29 is 4.79 Å². The third kappa shape index (κ3) is 42.8. The SMILES string of the molecule is CCCCCCCCCCCCCCCCCCCCCCCCCCCCCCCCCCC(C)(C)c1ccccc1CCCNC(=O)CCCCCCCCCCCCCCCCC. The normalized spacial score (nSPS) is 11.8. The summed E-state index contributed by atoms with van der Waals surface area (Å²) in [5.41, 5.74) is 3.21. The van der Waals surface area contributed by atoms with E-state index >= 15 is 0 Å². The van der Waals surface area contributed by atoms with Crippen molar-refractivity contribution >= 4 is 5.91 Å². The second kappa shape index (κ2) is 50.1. The zero-order chi connectivity index (χ0) is 47.5. The van der Waals surface area contributed by atoms with E-state index in [4.69, 9.17) is 0 Å². The lowest BCUT2D eigenvalue weighted by Gasteiger charge is -2.28. The molecule has 1 rings (SSSR count). The highest BCUT2D eigenvalue weighted by atomic mass is 16.1. The maximum absolute atomic E-state index is 12.5. The molecule has 0 heterocycles. The molecule has 0 aliphatic rings. The van der Waals surface area contributed by atoms with Gasteiger partial charge < -0.3 is 5.32 Å². The van der Waals surface area contributed by atoms with Crippen molar-refractivity contribution in [1.29, 1.82) is 0 Å². The van der Waals surface area contributed by atoms with E-state index in [0.29, 0.717) is 6.42 Å². The van der Waals surface area contributed by atoms with Gasteiger partial charge in [0.25, 0.3) is 0 Å². The Morgan fingerprint density at radius 1 is 0.364 bits per heavy atom. The van der Waals surface area contributed by atoms with Gasteiger partial charge in [0.05, 0.1) is 0 Å². The molecule has 0 bridgehead atoms. The van der Waals surface area contributed by atoms with Crippen LogP contribution in [0.15, 0.2) is 24.3 Å². The van der Waals surface area contributed by atoms with Gasteiger partial charge in [0, 0.05) is 13.0 Å². The summed E-state index contributed by atoms with van der Waals surface area (Å²) in [7, 11) is 0. The summed E-state index contributed by atoms with van der Waals surface area (Å²) >= 11 is 0. The Bertz CT molecular complexity index is 1110. The van der Waals surface area contributed by atoms with Gasteiger partial charge in [0.1, 0.15) is 0 Å². The minimum absolute atomic E-state index is 0.207. The summed E-state index contributed by atoms with van der Waals surface area (Å²) in [6, 6.07) is 9.13. The zero-order valence-electron chi connectivity index (χ0n) is 46.0. The molecule has 1 amide bonds. The van der Waals surface area contributed by atoms with Gasteiger partial charge in [-0.05, 0) is 42.2 Å². The van der Waals surface area contributed by atoms with Gasteiger partial charge in [0.2, 0.25) is 5.91 Å². The summed E-state index contributed by atoms with van der Waals surface area (Å²) in [5.74, 6) is 0.250. The fourth-order valence-corrected chi connectivity index (χ4v) is 10.7. The van der Waals surface area contributed by atoms with E-state index in [0.717, 1.165) is 25.8 Å². The maximum atomic E-state index is 12.5. The average Bonchev–Trinajstić information content (AvgIpc) is 3.32. The molecular weight excluding hydrogens is 799 g/mol. The third-order valence-electron chi connectivity index (χ3n) is 15.4. The highest BCUT2D eigenvalue weighted by molar-refractivity contribution is 5.75. The van der Waals surface area contributed by atoms with Crippen LogP contribution in [0, 0.1) is 0 Å². The number of amides is 1. The fourth-order valence-electron chi connectivity index (χ4n) is 10.7. The van der Waals surface area contributed by atoms with Crippen molar-refractivity contribution in [3.63, 3.8) is 0 Å². The molecule has 0 fully saturated rings. The molecule has 1 aromatic rings. The van der Waals surface area contributed by atoms with E-state index in [-0.39, 0.29) is 11.3 Å². The van der Waals surface area contributed by atoms with Crippen LogP contribution < -0.4 is 5.32 Å². The molecule has 388 valence electrons. The first kappa shape index (κ1) is 62.7. The lowest BCUT2D eigenvalue weighted by Crippen LogP contribution is -2.25. The van der Waals surface area contributed by atoms with Gasteiger partial charge in [-0.3, -0.25) is 4.79 Å².